The monoisotopic (exact) mass is 261 g/mol. The van der Waals surface area contributed by atoms with Crippen molar-refractivity contribution in [3.05, 3.63) is 11.7 Å². The zero-order chi connectivity index (χ0) is 12.3. The summed E-state index contributed by atoms with van der Waals surface area (Å²) in [5.74, 6) is 0.752. The molecule has 1 aromatic rings. The van der Waals surface area contributed by atoms with E-state index in [1.165, 1.54) is 4.31 Å². The minimum Gasteiger partial charge on any atom is -0.338 e. The van der Waals surface area contributed by atoms with E-state index in [2.05, 4.69) is 20.2 Å². The molecular formula is C8H15N5O3S. The number of rotatable bonds is 4. The lowest BCUT2D eigenvalue weighted by Gasteiger charge is -2.26. The molecule has 0 unspecified atom stereocenters. The topological polar surface area (TPSA) is 100 Å². The van der Waals surface area contributed by atoms with Crippen molar-refractivity contribution >= 4 is 10.2 Å². The molecule has 1 aliphatic heterocycles. The average molecular weight is 261 g/mol. The van der Waals surface area contributed by atoms with Gasteiger partial charge in [0.2, 0.25) is 5.89 Å². The second kappa shape index (κ2) is 5.08. The molecule has 0 spiro atoms. The van der Waals surface area contributed by atoms with Crippen LogP contribution in [0, 0.1) is 6.92 Å². The van der Waals surface area contributed by atoms with Crippen LogP contribution >= 0.6 is 0 Å². The van der Waals surface area contributed by atoms with Gasteiger partial charge in [-0.1, -0.05) is 5.16 Å². The summed E-state index contributed by atoms with van der Waals surface area (Å²) in [4.78, 5) is 3.92. The Labute approximate surface area is 99.6 Å². The molecule has 0 saturated carbocycles. The fourth-order valence-corrected chi connectivity index (χ4v) is 2.69. The van der Waals surface area contributed by atoms with Gasteiger partial charge in [0.1, 0.15) is 0 Å². The summed E-state index contributed by atoms with van der Waals surface area (Å²) in [5.41, 5.74) is 0. The number of hydrogen-bond donors (Lipinski definition) is 2. The second-order valence-electron chi connectivity index (χ2n) is 3.71. The van der Waals surface area contributed by atoms with E-state index >= 15 is 0 Å². The predicted octanol–water partition coefficient (Wildman–Crippen LogP) is -1.38. The SMILES string of the molecule is Cc1noc(CNS(=O)(=O)N2CCNCC2)n1. The number of hydrogen-bond acceptors (Lipinski definition) is 6. The number of aromatic nitrogens is 2. The van der Waals surface area contributed by atoms with Crippen molar-refractivity contribution in [2.75, 3.05) is 26.2 Å². The van der Waals surface area contributed by atoms with Crippen LogP contribution in [0.15, 0.2) is 4.52 Å². The average Bonchev–Trinajstić information content (AvgIpc) is 2.74. The Kier molecular flexibility index (Phi) is 3.72. The molecule has 1 aromatic heterocycles. The number of nitrogens with one attached hydrogen (secondary N) is 2. The molecule has 9 heteroatoms. The maximum Gasteiger partial charge on any atom is 0.280 e. The summed E-state index contributed by atoms with van der Waals surface area (Å²) in [6, 6.07) is 0. The zero-order valence-electron chi connectivity index (χ0n) is 9.51. The van der Waals surface area contributed by atoms with Crippen molar-refractivity contribution in [3.8, 4) is 0 Å². The quantitative estimate of drug-likeness (QED) is 0.692. The maximum atomic E-state index is 11.9. The molecule has 0 atom stereocenters. The minimum atomic E-state index is -3.46. The van der Waals surface area contributed by atoms with Gasteiger partial charge in [-0.2, -0.15) is 22.4 Å². The van der Waals surface area contributed by atoms with Gasteiger partial charge in [0.15, 0.2) is 5.82 Å². The summed E-state index contributed by atoms with van der Waals surface area (Å²) in [6.45, 7) is 3.97. The summed E-state index contributed by atoms with van der Waals surface area (Å²) < 4.78 is 32.4. The van der Waals surface area contributed by atoms with E-state index in [-0.39, 0.29) is 12.4 Å². The van der Waals surface area contributed by atoms with Crippen LogP contribution in [0.1, 0.15) is 11.7 Å². The molecule has 8 nitrogen and oxygen atoms in total. The first-order valence-electron chi connectivity index (χ1n) is 5.32. The van der Waals surface area contributed by atoms with Crippen molar-refractivity contribution in [2.45, 2.75) is 13.5 Å². The highest BCUT2D eigenvalue weighted by Gasteiger charge is 2.23. The van der Waals surface area contributed by atoms with Gasteiger partial charge >= 0.3 is 0 Å². The predicted molar refractivity (Wildman–Crippen MR) is 59.2 cm³/mol. The maximum absolute atomic E-state index is 11.9. The fraction of sp³-hybridized carbons (Fsp3) is 0.750. The lowest BCUT2D eigenvalue weighted by Crippen LogP contribution is -2.50. The van der Waals surface area contributed by atoms with Gasteiger partial charge in [-0.3, -0.25) is 0 Å². The highest BCUT2D eigenvalue weighted by atomic mass is 32.2. The van der Waals surface area contributed by atoms with Crippen LogP contribution in [0.5, 0.6) is 0 Å². The zero-order valence-corrected chi connectivity index (χ0v) is 10.3. The number of piperazine rings is 1. The van der Waals surface area contributed by atoms with E-state index in [0.717, 1.165) is 0 Å². The Morgan fingerprint density at radius 3 is 2.76 bits per heavy atom. The van der Waals surface area contributed by atoms with E-state index in [4.69, 9.17) is 4.52 Å². The molecule has 2 N–H and O–H groups in total. The van der Waals surface area contributed by atoms with Crippen molar-refractivity contribution in [1.29, 1.82) is 0 Å². The lowest BCUT2D eigenvalue weighted by molar-refractivity contribution is 0.346. The van der Waals surface area contributed by atoms with Crippen LogP contribution in [-0.4, -0.2) is 49.0 Å². The van der Waals surface area contributed by atoms with Crippen LogP contribution in [0.4, 0.5) is 0 Å². The van der Waals surface area contributed by atoms with E-state index < -0.39 is 10.2 Å². The van der Waals surface area contributed by atoms with Gasteiger partial charge < -0.3 is 9.84 Å². The van der Waals surface area contributed by atoms with E-state index in [1.807, 2.05) is 0 Å². The van der Waals surface area contributed by atoms with Crippen molar-refractivity contribution in [2.24, 2.45) is 0 Å². The van der Waals surface area contributed by atoms with Crippen molar-refractivity contribution < 1.29 is 12.9 Å². The summed E-state index contributed by atoms with van der Waals surface area (Å²) in [6.07, 6.45) is 0. The Hall–Kier alpha value is -1.03. The standard InChI is InChI=1S/C8H15N5O3S/c1-7-11-8(16-12-7)6-10-17(14,15)13-4-2-9-3-5-13/h9-10H,2-6H2,1H3. The van der Waals surface area contributed by atoms with E-state index in [0.29, 0.717) is 32.0 Å². The molecule has 0 aliphatic carbocycles. The largest absolute Gasteiger partial charge is 0.338 e. The summed E-state index contributed by atoms with van der Waals surface area (Å²) >= 11 is 0. The van der Waals surface area contributed by atoms with Crippen molar-refractivity contribution in [1.82, 2.24) is 24.5 Å². The van der Waals surface area contributed by atoms with E-state index in [1.54, 1.807) is 6.92 Å². The van der Waals surface area contributed by atoms with Crippen LogP contribution in [-0.2, 0) is 16.8 Å². The molecular weight excluding hydrogens is 246 g/mol. The highest BCUT2D eigenvalue weighted by Crippen LogP contribution is 2.02. The van der Waals surface area contributed by atoms with Gasteiger partial charge in [-0.15, -0.1) is 0 Å². The minimum absolute atomic E-state index is 0.0209. The number of nitrogens with zero attached hydrogens (tertiary/aromatic N) is 3. The Morgan fingerprint density at radius 2 is 2.18 bits per heavy atom. The third-order valence-corrected chi connectivity index (χ3v) is 3.95. The Bertz CT molecular complexity index is 465. The lowest BCUT2D eigenvalue weighted by atomic mass is 10.4. The Morgan fingerprint density at radius 1 is 1.47 bits per heavy atom. The van der Waals surface area contributed by atoms with Crippen molar-refractivity contribution in [3.63, 3.8) is 0 Å². The molecule has 0 aromatic carbocycles. The van der Waals surface area contributed by atoms with Gasteiger partial charge in [-0.05, 0) is 6.92 Å². The molecule has 17 heavy (non-hydrogen) atoms. The van der Waals surface area contributed by atoms with Crippen LogP contribution in [0.25, 0.3) is 0 Å². The first-order valence-corrected chi connectivity index (χ1v) is 6.76. The first kappa shape index (κ1) is 12.4. The first-order chi connectivity index (χ1) is 8.08. The smallest absolute Gasteiger partial charge is 0.280 e. The summed E-state index contributed by atoms with van der Waals surface area (Å²) in [7, 11) is -3.46. The molecule has 0 radical (unpaired) electrons. The molecule has 2 rings (SSSR count). The molecule has 1 fully saturated rings. The van der Waals surface area contributed by atoms with Crippen LogP contribution in [0.2, 0.25) is 0 Å². The molecule has 96 valence electrons. The normalized spacial score (nSPS) is 18.4. The number of aryl methyl sites for hydroxylation is 1. The second-order valence-corrected chi connectivity index (χ2v) is 5.47. The third kappa shape index (κ3) is 3.22. The van der Waals surface area contributed by atoms with E-state index in [9.17, 15) is 8.42 Å². The van der Waals surface area contributed by atoms with Crippen LogP contribution < -0.4 is 10.0 Å². The highest BCUT2D eigenvalue weighted by molar-refractivity contribution is 7.87. The summed E-state index contributed by atoms with van der Waals surface area (Å²) in [5, 5.41) is 6.67. The molecule has 2 heterocycles. The molecule has 0 bridgehead atoms. The van der Waals surface area contributed by atoms with Gasteiger partial charge in [0.05, 0.1) is 6.54 Å². The van der Waals surface area contributed by atoms with Gasteiger partial charge in [0.25, 0.3) is 10.2 Å². The fourth-order valence-electron chi connectivity index (χ4n) is 1.54. The third-order valence-electron chi connectivity index (χ3n) is 2.39. The Balaban J connectivity index is 1.92. The molecule has 0 amide bonds. The van der Waals surface area contributed by atoms with Gasteiger partial charge in [0, 0.05) is 26.2 Å². The van der Waals surface area contributed by atoms with Gasteiger partial charge in [-0.25, -0.2) is 0 Å². The molecule has 1 aliphatic rings. The molecule has 1 saturated heterocycles. The van der Waals surface area contributed by atoms with Crippen LogP contribution in [0.3, 0.4) is 0 Å².